The van der Waals surface area contributed by atoms with Gasteiger partial charge in [-0.1, -0.05) is 18.2 Å². The molecular weight excluding hydrogens is 434 g/mol. The lowest BCUT2D eigenvalue weighted by molar-refractivity contribution is -0.117. The highest BCUT2D eigenvalue weighted by Crippen LogP contribution is 2.23. The van der Waals surface area contributed by atoms with Gasteiger partial charge in [0.2, 0.25) is 5.91 Å². The molecule has 0 saturated carbocycles. The number of hydrogen-bond donors (Lipinski definition) is 1. The molecule has 0 spiro atoms. The fraction of sp³-hybridized carbons (Fsp3) is 0.208. The van der Waals surface area contributed by atoms with E-state index < -0.39 is 11.7 Å². The maximum Gasteiger partial charge on any atom is 0.437 e. The highest BCUT2D eigenvalue weighted by molar-refractivity contribution is 5.93. The van der Waals surface area contributed by atoms with Crippen LogP contribution in [0.1, 0.15) is 18.4 Å². The van der Waals surface area contributed by atoms with Crippen LogP contribution in [0.15, 0.2) is 63.9 Å². The lowest BCUT2D eigenvalue weighted by atomic mass is 10.2. The van der Waals surface area contributed by atoms with Gasteiger partial charge in [-0.25, -0.2) is 14.5 Å². The van der Waals surface area contributed by atoms with Crippen LogP contribution in [0.4, 0.5) is 5.69 Å². The van der Waals surface area contributed by atoms with Gasteiger partial charge in [0.15, 0.2) is 0 Å². The van der Waals surface area contributed by atoms with Gasteiger partial charge in [-0.15, -0.1) is 5.10 Å². The predicted octanol–water partition coefficient (Wildman–Crippen LogP) is 3.31. The first-order valence-electron chi connectivity index (χ1n) is 10.9. The van der Waals surface area contributed by atoms with Crippen LogP contribution in [0.3, 0.4) is 0 Å². The zero-order valence-corrected chi connectivity index (χ0v) is 19.0. The highest BCUT2D eigenvalue weighted by Gasteiger charge is 2.18. The standard InChI is InChI=1S/C24H23N7O3/c1-4-29-16(3)26-20-12-17(10-11-21(20)29)27-22(32)14-30-24(33)34-23(28-30)19-13-25-31(15(19)2)18-8-6-5-7-9-18/h5-13H,4,14H2,1-3H3,(H,27,32). The molecule has 1 N–H and O–H groups in total. The Hall–Kier alpha value is -4.47. The summed E-state index contributed by atoms with van der Waals surface area (Å²) in [5.74, 6) is -0.0950. The molecule has 0 unspecified atom stereocenters. The largest absolute Gasteiger partial charge is 0.437 e. The van der Waals surface area contributed by atoms with Gasteiger partial charge in [0.25, 0.3) is 5.89 Å². The SMILES string of the molecule is CCn1c(C)nc2cc(NC(=O)Cn3nc(-c4cnn(-c5ccccc5)c4C)oc3=O)ccc21. The van der Waals surface area contributed by atoms with Gasteiger partial charge in [-0.3, -0.25) is 4.79 Å². The molecule has 5 aromatic rings. The number of imidazole rings is 1. The van der Waals surface area contributed by atoms with Gasteiger partial charge in [0, 0.05) is 12.2 Å². The minimum absolute atomic E-state index is 0.111. The third kappa shape index (κ3) is 3.79. The van der Waals surface area contributed by atoms with E-state index in [9.17, 15) is 9.59 Å². The molecule has 0 radical (unpaired) electrons. The van der Waals surface area contributed by atoms with Crippen LogP contribution in [0.2, 0.25) is 0 Å². The van der Waals surface area contributed by atoms with Crippen molar-refractivity contribution in [1.29, 1.82) is 0 Å². The average Bonchev–Trinajstić information content (AvgIpc) is 3.48. The monoisotopic (exact) mass is 457 g/mol. The maximum absolute atomic E-state index is 12.6. The third-order valence-electron chi connectivity index (χ3n) is 5.68. The Morgan fingerprint density at radius 2 is 1.91 bits per heavy atom. The zero-order chi connectivity index (χ0) is 23.8. The molecule has 0 fully saturated rings. The Morgan fingerprint density at radius 3 is 2.68 bits per heavy atom. The normalized spacial score (nSPS) is 11.3. The van der Waals surface area contributed by atoms with Crippen molar-refractivity contribution in [3.05, 3.63) is 76.8 Å². The molecule has 5 rings (SSSR count). The number of amides is 1. The minimum Gasteiger partial charge on any atom is -0.387 e. The molecule has 0 aliphatic rings. The number of carbonyl (C=O) groups excluding carboxylic acids is 1. The van der Waals surface area contributed by atoms with Gasteiger partial charge >= 0.3 is 5.76 Å². The van der Waals surface area contributed by atoms with Crippen molar-refractivity contribution in [2.24, 2.45) is 0 Å². The summed E-state index contributed by atoms with van der Waals surface area (Å²) in [4.78, 5) is 29.5. The number of carbonyl (C=O) groups is 1. The molecule has 34 heavy (non-hydrogen) atoms. The molecule has 3 heterocycles. The lowest BCUT2D eigenvalue weighted by Gasteiger charge is -2.05. The van der Waals surface area contributed by atoms with Crippen molar-refractivity contribution in [2.45, 2.75) is 33.9 Å². The van der Waals surface area contributed by atoms with Crippen molar-refractivity contribution in [3.63, 3.8) is 0 Å². The molecule has 0 aliphatic carbocycles. The first-order chi connectivity index (χ1) is 16.4. The van der Waals surface area contributed by atoms with E-state index in [1.165, 1.54) is 0 Å². The summed E-state index contributed by atoms with van der Waals surface area (Å²) >= 11 is 0. The highest BCUT2D eigenvalue weighted by atomic mass is 16.4. The van der Waals surface area contributed by atoms with Crippen molar-refractivity contribution in [1.82, 2.24) is 29.1 Å². The first kappa shape index (κ1) is 21.4. The van der Waals surface area contributed by atoms with E-state index in [0.717, 1.165) is 39.5 Å². The number of aromatic nitrogens is 6. The van der Waals surface area contributed by atoms with Crippen LogP contribution < -0.4 is 11.1 Å². The number of aryl methyl sites for hydroxylation is 2. The molecule has 0 atom stereocenters. The summed E-state index contributed by atoms with van der Waals surface area (Å²) in [6.45, 7) is 6.39. The predicted molar refractivity (Wildman–Crippen MR) is 127 cm³/mol. The number of hydrogen-bond acceptors (Lipinski definition) is 6. The number of fused-ring (bicyclic) bond motifs is 1. The van der Waals surface area contributed by atoms with Crippen molar-refractivity contribution >= 4 is 22.6 Å². The van der Waals surface area contributed by atoms with Gasteiger partial charge in [-0.2, -0.15) is 9.78 Å². The van der Waals surface area contributed by atoms with Gasteiger partial charge < -0.3 is 14.3 Å². The van der Waals surface area contributed by atoms with Crippen LogP contribution >= 0.6 is 0 Å². The first-order valence-corrected chi connectivity index (χ1v) is 10.9. The second-order valence-electron chi connectivity index (χ2n) is 7.88. The number of nitrogens with zero attached hydrogens (tertiary/aromatic N) is 6. The smallest absolute Gasteiger partial charge is 0.387 e. The van der Waals surface area contributed by atoms with Crippen LogP contribution in [0.25, 0.3) is 28.2 Å². The van der Waals surface area contributed by atoms with Crippen LogP contribution in [0, 0.1) is 13.8 Å². The van der Waals surface area contributed by atoms with Crippen LogP contribution in [-0.4, -0.2) is 35.0 Å². The number of anilines is 1. The third-order valence-corrected chi connectivity index (χ3v) is 5.68. The molecule has 3 aromatic heterocycles. The fourth-order valence-electron chi connectivity index (χ4n) is 4.03. The Balaban J connectivity index is 1.34. The molecular formula is C24H23N7O3. The molecule has 0 bridgehead atoms. The molecule has 2 aromatic carbocycles. The number of para-hydroxylation sites is 1. The van der Waals surface area contributed by atoms with E-state index >= 15 is 0 Å². The van der Waals surface area contributed by atoms with Gasteiger partial charge in [0.05, 0.1) is 34.2 Å². The average molecular weight is 457 g/mol. The van der Waals surface area contributed by atoms with E-state index in [0.29, 0.717) is 11.3 Å². The number of benzene rings is 2. The van der Waals surface area contributed by atoms with E-state index in [-0.39, 0.29) is 12.4 Å². The summed E-state index contributed by atoms with van der Waals surface area (Å²) in [5.41, 5.74) is 4.61. The summed E-state index contributed by atoms with van der Waals surface area (Å²) < 4.78 is 10.1. The second-order valence-corrected chi connectivity index (χ2v) is 7.88. The molecule has 0 aliphatic heterocycles. The maximum atomic E-state index is 12.6. The molecule has 1 amide bonds. The van der Waals surface area contributed by atoms with Crippen molar-refractivity contribution in [3.8, 4) is 17.1 Å². The summed E-state index contributed by atoms with van der Waals surface area (Å²) in [7, 11) is 0. The fourth-order valence-corrected chi connectivity index (χ4v) is 4.03. The second kappa shape index (κ2) is 8.47. The van der Waals surface area contributed by atoms with Crippen molar-refractivity contribution < 1.29 is 9.21 Å². The topological polar surface area (TPSA) is 113 Å². The van der Waals surface area contributed by atoms with Gasteiger partial charge in [0.1, 0.15) is 12.4 Å². The van der Waals surface area contributed by atoms with Gasteiger partial charge in [-0.05, 0) is 51.1 Å². The number of rotatable bonds is 6. The Kier molecular flexibility index (Phi) is 5.33. The summed E-state index contributed by atoms with van der Waals surface area (Å²) in [6.07, 6.45) is 1.59. The Bertz CT molecular complexity index is 1560. The zero-order valence-electron chi connectivity index (χ0n) is 19.0. The van der Waals surface area contributed by atoms with E-state index in [2.05, 4.69) is 32.0 Å². The van der Waals surface area contributed by atoms with E-state index in [1.807, 2.05) is 62.4 Å². The molecule has 0 saturated heterocycles. The van der Waals surface area contributed by atoms with E-state index in [4.69, 9.17) is 4.42 Å². The van der Waals surface area contributed by atoms with E-state index in [1.54, 1.807) is 10.9 Å². The Labute approximate surface area is 194 Å². The molecule has 172 valence electrons. The van der Waals surface area contributed by atoms with Crippen LogP contribution in [-0.2, 0) is 17.9 Å². The molecule has 10 heteroatoms. The Morgan fingerprint density at radius 1 is 1.12 bits per heavy atom. The van der Waals surface area contributed by atoms with Crippen LogP contribution in [0.5, 0.6) is 0 Å². The summed E-state index contributed by atoms with van der Waals surface area (Å²) in [5, 5.41) is 11.4. The minimum atomic E-state index is -0.718. The lowest BCUT2D eigenvalue weighted by Crippen LogP contribution is -2.25. The quantitative estimate of drug-likeness (QED) is 0.419. The summed E-state index contributed by atoms with van der Waals surface area (Å²) in [6, 6.07) is 15.1. The number of nitrogens with one attached hydrogen (secondary N) is 1. The molecule has 10 nitrogen and oxygen atoms in total. The van der Waals surface area contributed by atoms with Crippen molar-refractivity contribution in [2.75, 3.05) is 5.32 Å².